The van der Waals surface area contributed by atoms with Crippen molar-refractivity contribution in [1.29, 1.82) is 0 Å². The molecule has 0 aromatic heterocycles. The van der Waals surface area contributed by atoms with Gasteiger partial charge in [-0.05, 0) is 55.3 Å². The highest BCUT2D eigenvalue weighted by Crippen LogP contribution is 2.24. The van der Waals surface area contributed by atoms with E-state index in [4.69, 9.17) is 16.3 Å². The van der Waals surface area contributed by atoms with E-state index in [0.29, 0.717) is 35.2 Å². The number of likely N-dealkylation sites (N-methyl/N-ethyl adjacent to an activating group) is 1. The number of carbonyl (C=O) groups excluding carboxylic acids is 2. The number of rotatable bonds is 13. The molecule has 0 heterocycles. The monoisotopic (exact) mass is 571 g/mol. The van der Waals surface area contributed by atoms with Crippen LogP contribution in [0.2, 0.25) is 5.02 Å². The van der Waals surface area contributed by atoms with Crippen molar-refractivity contribution in [3.05, 3.63) is 95.0 Å². The van der Waals surface area contributed by atoms with E-state index in [2.05, 4.69) is 5.32 Å². The standard InChI is InChI=1S/C29H34ClN3O5S/c1-4-31-29(35)27(19-22-11-7-6-8-12-22)32(20-23-13-9-10-14-26(23)30)28(34)21-33(39(3,36)37)24-15-17-25(18-16-24)38-5-2/h6-18,27H,4-5,19-21H2,1-3H3,(H,31,35)/t27-/m1/s1. The Labute approximate surface area is 235 Å². The van der Waals surface area contributed by atoms with Crippen LogP contribution in [-0.2, 0) is 32.6 Å². The second-order valence-electron chi connectivity index (χ2n) is 8.91. The highest BCUT2D eigenvalue weighted by atomic mass is 35.5. The summed E-state index contributed by atoms with van der Waals surface area (Å²) in [5.74, 6) is -0.296. The molecule has 0 unspecified atom stereocenters. The lowest BCUT2D eigenvalue weighted by Crippen LogP contribution is -2.53. The van der Waals surface area contributed by atoms with E-state index in [1.54, 1.807) is 55.5 Å². The number of ether oxygens (including phenoxy) is 1. The van der Waals surface area contributed by atoms with Gasteiger partial charge in [0.15, 0.2) is 0 Å². The molecular weight excluding hydrogens is 538 g/mol. The Morgan fingerprint density at radius 3 is 2.18 bits per heavy atom. The topological polar surface area (TPSA) is 96.0 Å². The zero-order valence-electron chi connectivity index (χ0n) is 22.3. The molecule has 3 aromatic rings. The molecule has 0 aliphatic carbocycles. The molecule has 0 spiro atoms. The Bertz CT molecular complexity index is 1350. The van der Waals surface area contributed by atoms with E-state index >= 15 is 0 Å². The van der Waals surface area contributed by atoms with Crippen molar-refractivity contribution in [1.82, 2.24) is 10.2 Å². The van der Waals surface area contributed by atoms with Gasteiger partial charge in [0, 0.05) is 24.5 Å². The third-order valence-electron chi connectivity index (χ3n) is 6.04. The fraction of sp³-hybridized carbons (Fsp3) is 0.310. The van der Waals surface area contributed by atoms with E-state index in [1.807, 2.05) is 37.3 Å². The number of halogens is 1. The summed E-state index contributed by atoms with van der Waals surface area (Å²) in [6, 6.07) is 22.0. The van der Waals surface area contributed by atoms with Crippen molar-refractivity contribution in [3.63, 3.8) is 0 Å². The van der Waals surface area contributed by atoms with E-state index < -0.39 is 28.5 Å². The zero-order valence-corrected chi connectivity index (χ0v) is 23.9. The van der Waals surface area contributed by atoms with Gasteiger partial charge in [0.25, 0.3) is 0 Å². The van der Waals surface area contributed by atoms with Crippen LogP contribution in [0.5, 0.6) is 5.75 Å². The van der Waals surface area contributed by atoms with Crippen LogP contribution in [-0.4, -0.2) is 57.1 Å². The van der Waals surface area contributed by atoms with Gasteiger partial charge in [-0.2, -0.15) is 0 Å². The van der Waals surface area contributed by atoms with Gasteiger partial charge < -0.3 is 15.0 Å². The molecule has 1 atom stereocenters. The molecule has 2 amide bonds. The Morgan fingerprint density at radius 1 is 0.949 bits per heavy atom. The number of amides is 2. The number of anilines is 1. The minimum Gasteiger partial charge on any atom is -0.494 e. The summed E-state index contributed by atoms with van der Waals surface area (Å²) in [7, 11) is -3.85. The number of nitrogens with one attached hydrogen (secondary N) is 1. The van der Waals surface area contributed by atoms with Crippen molar-refractivity contribution < 1.29 is 22.7 Å². The second kappa shape index (κ2) is 14.0. The number of sulfonamides is 1. The summed E-state index contributed by atoms with van der Waals surface area (Å²) in [6.45, 7) is 4.02. The maximum Gasteiger partial charge on any atom is 0.244 e. The maximum absolute atomic E-state index is 14.0. The van der Waals surface area contributed by atoms with Crippen molar-refractivity contribution >= 4 is 39.1 Å². The van der Waals surface area contributed by atoms with Crippen LogP contribution < -0.4 is 14.4 Å². The van der Waals surface area contributed by atoms with Crippen molar-refractivity contribution in [3.8, 4) is 5.75 Å². The van der Waals surface area contributed by atoms with Gasteiger partial charge in [0.1, 0.15) is 18.3 Å². The van der Waals surface area contributed by atoms with Crippen LogP contribution in [0.3, 0.4) is 0 Å². The smallest absolute Gasteiger partial charge is 0.244 e. The third-order valence-corrected chi connectivity index (χ3v) is 7.54. The Balaban J connectivity index is 2.02. The summed E-state index contributed by atoms with van der Waals surface area (Å²) in [5.41, 5.74) is 1.81. The molecule has 3 rings (SSSR count). The van der Waals surface area contributed by atoms with E-state index in [1.165, 1.54) is 4.90 Å². The first-order valence-corrected chi connectivity index (χ1v) is 14.9. The molecule has 3 aromatic carbocycles. The SMILES string of the molecule is CCNC(=O)[C@@H](Cc1ccccc1)N(Cc1ccccc1Cl)C(=O)CN(c1ccc(OCC)cc1)S(C)(=O)=O. The molecule has 208 valence electrons. The molecule has 0 aliphatic heterocycles. The van der Waals surface area contributed by atoms with Crippen LogP contribution in [0.15, 0.2) is 78.9 Å². The minimum atomic E-state index is -3.85. The summed E-state index contributed by atoms with van der Waals surface area (Å²) < 4.78 is 32.2. The quantitative estimate of drug-likeness (QED) is 0.330. The predicted octanol–water partition coefficient (Wildman–Crippen LogP) is 4.28. The average Bonchev–Trinajstić information content (AvgIpc) is 2.91. The maximum atomic E-state index is 14.0. The van der Waals surface area contributed by atoms with Gasteiger partial charge in [0.05, 0.1) is 18.6 Å². The minimum absolute atomic E-state index is 0.0218. The first kappa shape index (κ1) is 30.0. The van der Waals surface area contributed by atoms with Crippen LogP contribution in [0.1, 0.15) is 25.0 Å². The molecule has 8 nitrogen and oxygen atoms in total. The van der Waals surface area contributed by atoms with Gasteiger partial charge in [-0.3, -0.25) is 13.9 Å². The number of hydrogen-bond donors (Lipinski definition) is 1. The highest BCUT2D eigenvalue weighted by Gasteiger charge is 2.33. The summed E-state index contributed by atoms with van der Waals surface area (Å²) in [4.78, 5) is 28.7. The molecule has 0 fully saturated rings. The molecule has 39 heavy (non-hydrogen) atoms. The summed E-state index contributed by atoms with van der Waals surface area (Å²) >= 11 is 6.44. The van der Waals surface area contributed by atoms with Gasteiger partial charge in [-0.25, -0.2) is 8.42 Å². The van der Waals surface area contributed by atoms with E-state index in [0.717, 1.165) is 16.1 Å². The van der Waals surface area contributed by atoms with Crippen molar-refractivity contribution in [2.45, 2.75) is 32.9 Å². The molecule has 10 heteroatoms. The largest absolute Gasteiger partial charge is 0.494 e. The molecule has 0 aliphatic rings. The number of carbonyl (C=O) groups is 2. The van der Waals surface area contributed by atoms with Crippen molar-refractivity contribution in [2.75, 3.05) is 30.3 Å². The molecular formula is C29H34ClN3O5S. The molecule has 0 bridgehead atoms. The summed E-state index contributed by atoms with van der Waals surface area (Å²) in [5, 5.41) is 3.26. The third kappa shape index (κ3) is 8.46. The molecule has 0 saturated heterocycles. The van der Waals surface area contributed by atoms with Crippen molar-refractivity contribution in [2.24, 2.45) is 0 Å². The average molecular weight is 572 g/mol. The summed E-state index contributed by atoms with van der Waals surface area (Å²) in [6.07, 6.45) is 1.28. The lowest BCUT2D eigenvalue weighted by Gasteiger charge is -2.33. The highest BCUT2D eigenvalue weighted by molar-refractivity contribution is 7.92. The number of benzene rings is 3. The Kier molecular flexibility index (Phi) is 10.8. The fourth-order valence-electron chi connectivity index (χ4n) is 4.15. The lowest BCUT2D eigenvalue weighted by molar-refractivity contribution is -0.140. The van der Waals surface area contributed by atoms with E-state index in [9.17, 15) is 18.0 Å². The second-order valence-corrected chi connectivity index (χ2v) is 11.2. The fourth-order valence-corrected chi connectivity index (χ4v) is 5.19. The Morgan fingerprint density at radius 2 is 1.59 bits per heavy atom. The van der Waals surface area contributed by atoms with Gasteiger partial charge in [-0.15, -0.1) is 0 Å². The van der Waals surface area contributed by atoms with Crippen LogP contribution in [0, 0.1) is 0 Å². The van der Waals surface area contributed by atoms with E-state index in [-0.39, 0.29) is 18.9 Å². The predicted molar refractivity (Wildman–Crippen MR) is 154 cm³/mol. The lowest BCUT2D eigenvalue weighted by atomic mass is 10.0. The van der Waals surface area contributed by atoms with Gasteiger partial charge >= 0.3 is 0 Å². The first-order valence-electron chi connectivity index (χ1n) is 12.7. The first-order chi connectivity index (χ1) is 18.6. The normalized spacial score (nSPS) is 11.9. The molecule has 0 saturated carbocycles. The van der Waals surface area contributed by atoms with Crippen LogP contribution in [0.25, 0.3) is 0 Å². The zero-order chi connectivity index (χ0) is 28.4. The van der Waals surface area contributed by atoms with Gasteiger partial charge in [-0.1, -0.05) is 60.1 Å². The van der Waals surface area contributed by atoms with Crippen LogP contribution in [0.4, 0.5) is 5.69 Å². The Hall–Kier alpha value is -3.56. The van der Waals surface area contributed by atoms with Crippen LogP contribution >= 0.6 is 11.6 Å². The number of hydrogen-bond acceptors (Lipinski definition) is 5. The molecule has 1 N–H and O–H groups in total. The van der Waals surface area contributed by atoms with Gasteiger partial charge in [0.2, 0.25) is 21.8 Å². The molecule has 0 radical (unpaired) electrons. The number of nitrogens with zero attached hydrogens (tertiary/aromatic N) is 2.